The molecular weight excluding hydrogens is 476 g/mol. The fraction of sp³-hybridized carbons (Fsp3) is 0. The smallest absolute Gasteiger partial charge is 0.336 e. The van der Waals surface area contributed by atoms with Gasteiger partial charge in [-0.15, -0.1) is 0 Å². The number of anilines is 1. The molecule has 33 heavy (non-hydrogen) atoms. The largest absolute Gasteiger partial charge is 0.744 e. The van der Waals surface area contributed by atoms with E-state index >= 15 is 0 Å². The van der Waals surface area contributed by atoms with Crippen LogP contribution in [0, 0.1) is 0 Å². The van der Waals surface area contributed by atoms with Crippen LogP contribution >= 0.6 is 0 Å². The second kappa shape index (κ2) is 7.38. The number of benzene rings is 3. The van der Waals surface area contributed by atoms with Crippen molar-refractivity contribution in [2.75, 3.05) is 5.73 Å². The maximum Gasteiger partial charge on any atom is 0.336 e. The van der Waals surface area contributed by atoms with Gasteiger partial charge in [0.15, 0.2) is 16.2 Å². The van der Waals surface area contributed by atoms with E-state index in [-0.39, 0.29) is 27.6 Å². The van der Waals surface area contributed by atoms with Gasteiger partial charge < -0.3 is 24.4 Å². The van der Waals surface area contributed by atoms with Crippen LogP contribution in [-0.4, -0.2) is 37.0 Å². The minimum absolute atomic E-state index is 0.000880. The van der Waals surface area contributed by atoms with Crippen LogP contribution in [-0.2, 0) is 20.2 Å². The van der Waals surface area contributed by atoms with Gasteiger partial charge in [-0.25, -0.2) is 21.6 Å². The highest BCUT2D eigenvalue weighted by Gasteiger charge is 2.29. The number of carboxylic acids is 1. The van der Waals surface area contributed by atoms with E-state index in [0.717, 1.165) is 12.1 Å². The summed E-state index contributed by atoms with van der Waals surface area (Å²) in [5.41, 5.74) is 4.31. The van der Waals surface area contributed by atoms with Crippen molar-refractivity contribution in [1.82, 2.24) is 0 Å². The monoisotopic (exact) mass is 489 g/mol. The first-order valence-electron chi connectivity index (χ1n) is 8.97. The molecule has 1 aliphatic carbocycles. The minimum atomic E-state index is -5.26. The summed E-state index contributed by atoms with van der Waals surface area (Å²) >= 11 is 0. The van der Waals surface area contributed by atoms with Crippen LogP contribution in [0.2, 0.25) is 0 Å². The van der Waals surface area contributed by atoms with Crippen LogP contribution in [0.15, 0.2) is 62.7 Å². The van der Waals surface area contributed by atoms with Crippen molar-refractivity contribution in [2.45, 2.75) is 9.79 Å². The predicted octanol–water partition coefficient (Wildman–Crippen LogP) is -0.0470. The first-order chi connectivity index (χ1) is 15.3. The normalized spacial score (nSPS) is 12.3. The molecule has 170 valence electrons. The lowest BCUT2D eigenvalue weighted by molar-refractivity contribution is -0.176. The molecule has 0 atom stereocenters. The van der Waals surface area contributed by atoms with Gasteiger partial charge >= 0.3 is 5.97 Å². The summed E-state index contributed by atoms with van der Waals surface area (Å²) in [5, 5.41) is 14.8. The van der Waals surface area contributed by atoms with Gasteiger partial charge in [0.25, 0.3) is 0 Å². The van der Waals surface area contributed by atoms with Crippen molar-refractivity contribution in [3.05, 3.63) is 59.5 Å². The third-order valence-corrected chi connectivity index (χ3v) is 6.80. The Morgan fingerprint density at radius 1 is 0.909 bits per heavy atom. The van der Waals surface area contributed by atoms with Crippen molar-refractivity contribution in [3.8, 4) is 22.5 Å². The standard InChI is InChI=1S/C20H14N2O9S2/c21-13-7-5-11-15(9-3-1-2-4-10(9)20(23)24)12-6-8-14(22)19(33(28,29)30)17(12)31-16(11)18(13)32(25,26)27/h1-8,21H,22H2,(H,23,24)(H,25,26,27)(H,28,29,30)/p-1. The molecule has 0 spiro atoms. The Kier molecular flexibility index (Phi) is 5.01. The molecule has 0 aromatic heterocycles. The highest BCUT2D eigenvalue weighted by molar-refractivity contribution is 7.86. The third kappa shape index (κ3) is 3.62. The maximum absolute atomic E-state index is 12.0. The van der Waals surface area contributed by atoms with E-state index in [0.29, 0.717) is 0 Å². The molecule has 0 fully saturated rings. The molecule has 0 amide bonds. The molecule has 4 rings (SSSR count). The fourth-order valence-electron chi connectivity index (χ4n) is 3.69. The van der Waals surface area contributed by atoms with E-state index in [1.165, 1.54) is 36.4 Å². The molecule has 2 aliphatic rings. The van der Waals surface area contributed by atoms with Crippen LogP contribution in [0.1, 0.15) is 10.4 Å². The molecular formula is C20H13N2O9S2-. The Morgan fingerprint density at radius 3 is 2.15 bits per heavy atom. The highest BCUT2D eigenvalue weighted by Crippen LogP contribution is 2.45. The summed E-state index contributed by atoms with van der Waals surface area (Å²) in [7, 11) is -10.5. The van der Waals surface area contributed by atoms with Crippen LogP contribution in [0.5, 0.6) is 0 Å². The fourth-order valence-corrected chi connectivity index (χ4v) is 5.16. The lowest BCUT2D eigenvalue weighted by atomic mass is 9.90. The van der Waals surface area contributed by atoms with Crippen molar-refractivity contribution in [2.24, 2.45) is 0 Å². The van der Waals surface area contributed by atoms with Gasteiger partial charge in [-0.05, 0) is 29.8 Å². The topological polar surface area (TPSA) is 216 Å². The molecule has 0 radical (unpaired) electrons. The van der Waals surface area contributed by atoms with E-state index in [1.807, 2.05) is 0 Å². The van der Waals surface area contributed by atoms with Gasteiger partial charge in [0, 0.05) is 22.6 Å². The second-order valence-electron chi connectivity index (χ2n) is 6.96. The second-order valence-corrected chi connectivity index (χ2v) is 9.59. The highest BCUT2D eigenvalue weighted by atomic mass is 32.2. The van der Waals surface area contributed by atoms with Crippen LogP contribution in [0.3, 0.4) is 0 Å². The van der Waals surface area contributed by atoms with E-state index in [9.17, 15) is 35.8 Å². The van der Waals surface area contributed by atoms with Gasteiger partial charge in [0.05, 0.1) is 11.3 Å². The zero-order valence-electron chi connectivity index (χ0n) is 16.3. The van der Waals surface area contributed by atoms with E-state index in [4.69, 9.17) is 15.6 Å². The Labute approximate surface area is 186 Å². The zero-order valence-corrected chi connectivity index (χ0v) is 17.9. The van der Waals surface area contributed by atoms with Gasteiger partial charge in [0.1, 0.15) is 25.1 Å². The third-order valence-electron chi connectivity index (χ3n) is 4.95. The van der Waals surface area contributed by atoms with Crippen molar-refractivity contribution in [1.29, 1.82) is 0 Å². The van der Waals surface area contributed by atoms with E-state index < -0.39 is 58.4 Å². The van der Waals surface area contributed by atoms with Crippen LogP contribution < -0.4 is 16.5 Å². The number of rotatable bonds is 4. The number of hydrogen-bond acceptors (Lipinski definition) is 9. The molecule has 2 aromatic carbocycles. The molecule has 0 unspecified atom stereocenters. The molecule has 5 N–H and O–H groups in total. The summed E-state index contributed by atoms with van der Waals surface area (Å²) in [5.74, 6) is -1.99. The minimum Gasteiger partial charge on any atom is -0.744 e. The molecule has 0 saturated heterocycles. The summed E-state index contributed by atoms with van der Waals surface area (Å²) in [6, 6.07) is 10.4. The lowest BCUT2D eigenvalue weighted by Crippen LogP contribution is -2.47. The van der Waals surface area contributed by atoms with Crippen LogP contribution in [0.25, 0.3) is 33.4 Å². The number of carboxylic acid groups (broad SMARTS) is 1. The number of fused-ring (bicyclic) bond motifs is 2. The van der Waals surface area contributed by atoms with Crippen molar-refractivity contribution in [3.63, 3.8) is 0 Å². The molecule has 11 nitrogen and oxygen atoms in total. The first-order valence-corrected chi connectivity index (χ1v) is 11.8. The summed E-state index contributed by atoms with van der Waals surface area (Å²) in [6.07, 6.45) is 0. The van der Waals surface area contributed by atoms with Crippen molar-refractivity contribution < 1.29 is 45.7 Å². The number of nitrogen functional groups attached to an aromatic ring is 1. The molecule has 2 aromatic rings. The van der Waals surface area contributed by atoms with Crippen LogP contribution in [0.4, 0.5) is 5.69 Å². The maximum atomic E-state index is 12.0. The Balaban J connectivity index is 2.40. The number of carbonyl (C=O) groups is 1. The first kappa shape index (κ1) is 22.4. The van der Waals surface area contributed by atoms with E-state index in [1.54, 1.807) is 0 Å². The molecule has 1 aliphatic heterocycles. The van der Waals surface area contributed by atoms with Gasteiger partial charge in [-0.2, -0.15) is 0 Å². The average Bonchev–Trinajstić information content (AvgIpc) is 2.69. The Bertz CT molecular complexity index is 1720. The Hall–Kier alpha value is -3.78. The lowest BCUT2D eigenvalue weighted by Gasteiger charge is -2.21. The molecule has 13 heteroatoms. The van der Waals surface area contributed by atoms with Gasteiger partial charge in [-0.1, -0.05) is 18.2 Å². The summed E-state index contributed by atoms with van der Waals surface area (Å²) < 4.78 is 77.4. The van der Waals surface area contributed by atoms with Gasteiger partial charge in [0.2, 0.25) is 5.36 Å². The number of aromatic carboxylic acids is 1. The Morgan fingerprint density at radius 2 is 1.55 bits per heavy atom. The summed E-state index contributed by atoms with van der Waals surface area (Å²) in [6.45, 7) is 0. The average molecular weight is 489 g/mol. The quantitative estimate of drug-likeness (QED) is 0.197. The number of hydrogen-bond donors (Lipinski definition) is 3. The van der Waals surface area contributed by atoms with E-state index in [2.05, 4.69) is 0 Å². The summed E-state index contributed by atoms with van der Waals surface area (Å²) in [4.78, 5) is 9.89. The molecule has 0 bridgehead atoms. The molecule has 0 saturated carbocycles. The van der Waals surface area contributed by atoms with Crippen molar-refractivity contribution >= 4 is 42.9 Å². The zero-order chi connectivity index (χ0) is 24.3. The number of nitrogens with two attached hydrogens (primary N) is 2. The molecule has 1 heterocycles. The van der Waals surface area contributed by atoms with Gasteiger partial charge in [-0.3, -0.25) is 5.41 Å². The SMILES string of the molecule is Nc1ccc2c(-c3ccccc3C(=O)O)c3ccc(=[NH2+])c(S(=O)(=O)[O-])c-3oc2c1S(=O)(=O)[O-]. The predicted molar refractivity (Wildman–Crippen MR) is 111 cm³/mol.